The fourth-order valence-corrected chi connectivity index (χ4v) is 3.63. The Morgan fingerprint density at radius 2 is 1.57 bits per heavy atom. The van der Waals surface area contributed by atoms with E-state index in [1.807, 2.05) is 0 Å². The van der Waals surface area contributed by atoms with Crippen LogP contribution in [0.25, 0.3) is 0 Å². The summed E-state index contributed by atoms with van der Waals surface area (Å²) >= 11 is -3.54. The van der Waals surface area contributed by atoms with Gasteiger partial charge < -0.3 is 0 Å². The van der Waals surface area contributed by atoms with Crippen molar-refractivity contribution in [2.24, 2.45) is 0 Å². The Bertz CT molecular complexity index is 304. The van der Waals surface area contributed by atoms with Crippen molar-refractivity contribution in [1.82, 2.24) is 0 Å². The minimum absolute atomic E-state index is 0.553. The molecule has 1 N–H and O–H groups in total. The van der Waals surface area contributed by atoms with Crippen LogP contribution in [0.1, 0.15) is 12.8 Å². The van der Waals surface area contributed by atoms with Crippen molar-refractivity contribution < 1.29 is 30.1 Å². The van der Waals surface area contributed by atoms with Crippen LogP contribution in [0.5, 0.6) is 0 Å². The number of rotatable bonds is 0. The van der Waals surface area contributed by atoms with E-state index in [2.05, 4.69) is 10.6 Å². The number of aliphatic hydroxyl groups is 1. The number of carbonyl (C=O) groups is 3. The molecule has 2 rings (SSSR count). The molecular formula is C6H5GaO7. The third kappa shape index (κ3) is 1.51. The first kappa shape index (κ1) is 9.56. The van der Waals surface area contributed by atoms with Gasteiger partial charge in [-0.1, -0.05) is 0 Å². The van der Waals surface area contributed by atoms with Crippen molar-refractivity contribution >= 4 is 35.2 Å². The zero-order chi connectivity index (χ0) is 10.3. The van der Waals surface area contributed by atoms with Gasteiger partial charge in [0.2, 0.25) is 0 Å². The van der Waals surface area contributed by atoms with Crippen molar-refractivity contribution in [3.8, 4) is 0 Å². The minimum atomic E-state index is -3.54. The zero-order valence-corrected chi connectivity index (χ0v) is 9.31. The first-order valence-electron chi connectivity index (χ1n) is 3.82. The summed E-state index contributed by atoms with van der Waals surface area (Å²) in [5.41, 5.74) is -2.11. The molecule has 0 saturated carbocycles. The van der Waals surface area contributed by atoms with E-state index in [-0.39, 0.29) is 0 Å². The average Bonchev–Trinajstić information content (AvgIpc) is 2.13. The summed E-state index contributed by atoms with van der Waals surface area (Å²) in [4.78, 5) is 33.2. The predicted molar refractivity (Wildman–Crippen MR) is 38.2 cm³/mol. The molecule has 14 heavy (non-hydrogen) atoms. The van der Waals surface area contributed by atoms with E-state index in [1.54, 1.807) is 0 Å². The molecule has 2 aliphatic heterocycles. The second-order valence-electron chi connectivity index (χ2n) is 3.06. The summed E-state index contributed by atoms with van der Waals surface area (Å²) in [6.45, 7) is 0. The van der Waals surface area contributed by atoms with Gasteiger partial charge in [-0.25, -0.2) is 0 Å². The van der Waals surface area contributed by atoms with Crippen LogP contribution < -0.4 is 0 Å². The van der Waals surface area contributed by atoms with Crippen LogP contribution in [0, 0.1) is 0 Å². The third-order valence-electron chi connectivity index (χ3n) is 1.91. The molecule has 8 heteroatoms. The Hall–Kier alpha value is -0.994. The van der Waals surface area contributed by atoms with E-state index in [9.17, 15) is 19.5 Å². The number of carbonyl (C=O) groups excluding carboxylic acids is 3. The fraction of sp³-hybridized carbons (Fsp3) is 0.500. The van der Waals surface area contributed by atoms with Crippen molar-refractivity contribution in [1.29, 1.82) is 0 Å². The molecule has 0 aromatic carbocycles. The van der Waals surface area contributed by atoms with Crippen molar-refractivity contribution in [3.63, 3.8) is 0 Å². The Kier molecular flexibility index (Phi) is 2.05. The van der Waals surface area contributed by atoms with E-state index in [4.69, 9.17) is 0 Å². The van der Waals surface area contributed by atoms with Crippen molar-refractivity contribution in [2.75, 3.05) is 0 Å². The summed E-state index contributed by atoms with van der Waals surface area (Å²) in [5.74, 6) is -2.54. The summed E-state index contributed by atoms with van der Waals surface area (Å²) < 4.78 is 13.8. The van der Waals surface area contributed by atoms with E-state index in [0.717, 1.165) is 0 Å². The molecule has 0 amide bonds. The van der Waals surface area contributed by atoms with Crippen LogP contribution in [0.2, 0.25) is 0 Å². The second-order valence-corrected chi connectivity index (χ2v) is 5.75. The molecule has 2 bridgehead atoms. The van der Waals surface area contributed by atoms with E-state index < -0.39 is 53.7 Å². The molecule has 0 radical (unpaired) electrons. The van der Waals surface area contributed by atoms with Gasteiger partial charge in [-0.15, -0.1) is 0 Å². The summed E-state index contributed by atoms with van der Waals surface area (Å²) in [6.07, 6.45) is -1.11. The van der Waals surface area contributed by atoms with E-state index >= 15 is 0 Å². The molecule has 7 nitrogen and oxygen atoms in total. The monoisotopic (exact) mass is 258 g/mol. The molecule has 2 saturated heterocycles. The van der Waals surface area contributed by atoms with Gasteiger partial charge in [0.1, 0.15) is 0 Å². The molecule has 0 aromatic rings. The van der Waals surface area contributed by atoms with Gasteiger partial charge in [0.15, 0.2) is 0 Å². The molecule has 0 aliphatic carbocycles. The molecule has 74 valence electrons. The zero-order valence-electron chi connectivity index (χ0n) is 6.89. The molecule has 2 fully saturated rings. The van der Waals surface area contributed by atoms with E-state index in [1.165, 1.54) is 0 Å². The van der Waals surface area contributed by atoms with Crippen molar-refractivity contribution in [2.45, 2.75) is 18.4 Å². The topological polar surface area (TPSA) is 99.1 Å². The Balaban J connectivity index is 2.39. The van der Waals surface area contributed by atoms with Gasteiger partial charge in [0, 0.05) is 0 Å². The Morgan fingerprint density at radius 1 is 1.07 bits per heavy atom. The van der Waals surface area contributed by atoms with Gasteiger partial charge in [-0.3, -0.25) is 0 Å². The molecule has 2 heterocycles. The Labute approximate surface area is 84.2 Å². The summed E-state index contributed by atoms with van der Waals surface area (Å²) in [6, 6.07) is 0. The van der Waals surface area contributed by atoms with Gasteiger partial charge in [-0.2, -0.15) is 0 Å². The quantitative estimate of drug-likeness (QED) is 0.509. The van der Waals surface area contributed by atoms with E-state index in [0.29, 0.717) is 0 Å². The number of fused-ring (bicyclic) bond motifs is 3. The van der Waals surface area contributed by atoms with Crippen LogP contribution in [0.4, 0.5) is 0 Å². The van der Waals surface area contributed by atoms with Gasteiger partial charge >= 0.3 is 83.7 Å². The Morgan fingerprint density at radius 3 is 2.07 bits per heavy atom. The fourth-order valence-electron chi connectivity index (χ4n) is 1.25. The van der Waals surface area contributed by atoms with Gasteiger partial charge in [0.25, 0.3) is 0 Å². The SMILES string of the molecule is O=C1CC2(O)CC(=O)[O][Ga]([O]1)[O]C2=O. The van der Waals surface area contributed by atoms with Crippen LogP contribution in [-0.4, -0.2) is 45.9 Å². The van der Waals surface area contributed by atoms with Crippen LogP contribution in [0.15, 0.2) is 0 Å². The van der Waals surface area contributed by atoms with Crippen molar-refractivity contribution in [3.05, 3.63) is 0 Å². The first-order valence-corrected chi connectivity index (χ1v) is 6.79. The maximum absolute atomic E-state index is 11.2. The average molecular weight is 259 g/mol. The number of hydrogen-bond donors (Lipinski definition) is 1. The van der Waals surface area contributed by atoms with Crippen LogP contribution >= 0.6 is 0 Å². The second kappa shape index (κ2) is 3.00. The maximum atomic E-state index is 11.2. The normalized spacial score (nSPS) is 24.6. The number of hydrogen-bond acceptors (Lipinski definition) is 7. The molecule has 0 unspecified atom stereocenters. The molecule has 0 atom stereocenters. The van der Waals surface area contributed by atoms with Gasteiger partial charge in [0.05, 0.1) is 0 Å². The summed E-state index contributed by atoms with van der Waals surface area (Å²) in [5, 5.41) is 9.64. The summed E-state index contributed by atoms with van der Waals surface area (Å²) in [7, 11) is 0. The van der Waals surface area contributed by atoms with Gasteiger partial charge in [-0.05, 0) is 0 Å². The molecule has 0 spiro atoms. The predicted octanol–water partition coefficient (Wildman–Crippen LogP) is -1.86. The van der Waals surface area contributed by atoms with Crippen LogP contribution in [0.3, 0.4) is 0 Å². The molecule has 0 aromatic heterocycles. The first-order chi connectivity index (χ1) is 6.49. The molecule has 2 aliphatic rings. The molecular weight excluding hydrogens is 254 g/mol. The van der Waals surface area contributed by atoms with Crippen LogP contribution in [-0.2, 0) is 25.0 Å². The third-order valence-corrected chi connectivity index (χ3v) is 4.68. The standard InChI is InChI=1S/C6H8O7.Ga/c7-3(8)1-6(13,5(11)12)2-4(9)10;/h13H,1-2H2,(H,7,8)(H,9,10)(H,11,12);/q;+3/p-3.